The maximum absolute atomic E-state index is 13.0. The topological polar surface area (TPSA) is 188 Å². The first kappa shape index (κ1) is 26.8. The van der Waals surface area contributed by atoms with Gasteiger partial charge in [0.2, 0.25) is 17.7 Å². The van der Waals surface area contributed by atoms with Crippen LogP contribution in [0.25, 0.3) is 0 Å². The quantitative estimate of drug-likeness (QED) is 0.186. The van der Waals surface area contributed by atoms with Gasteiger partial charge in [0.25, 0.3) is 0 Å². The third-order valence-electron chi connectivity index (χ3n) is 5.26. The summed E-state index contributed by atoms with van der Waals surface area (Å²) < 4.78 is 0. The zero-order valence-corrected chi connectivity index (χ0v) is 18.4. The highest BCUT2D eigenvalue weighted by Gasteiger charge is 2.38. The highest BCUT2D eigenvalue weighted by atomic mass is 16.4. The highest BCUT2D eigenvalue weighted by molar-refractivity contribution is 5.94. The Kier molecular flexibility index (Phi) is 11.4. The first-order chi connectivity index (χ1) is 14.6. The van der Waals surface area contributed by atoms with E-state index in [1.807, 2.05) is 13.8 Å². The Morgan fingerprint density at radius 1 is 1.10 bits per heavy atom. The number of likely N-dealkylation sites (tertiary alicyclic amines) is 1. The van der Waals surface area contributed by atoms with Gasteiger partial charge in [-0.15, -0.1) is 0 Å². The second-order valence-corrected chi connectivity index (χ2v) is 8.35. The predicted molar refractivity (Wildman–Crippen MR) is 114 cm³/mol. The van der Waals surface area contributed by atoms with E-state index < -0.39 is 54.5 Å². The molecule has 0 saturated carbocycles. The second kappa shape index (κ2) is 13.2. The molecule has 1 rings (SSSR count). The largest absolute Gasteiger partial charge is 0.480 e. The Balaban J connectivity index is 2.86. The number of nitrogens with zero attached hydrogens (tertiary/aromatic N) is 1. The minimum Gasteiger partial charge on any atom is -0.480 e. The number of aliphatic carboxylic acids is 1. The molecule has 1 aliphatic rings. The lowest BCUT2D eigenvalue weighted by Gasteiger charge is -2.28. The summed E-state index contributed by atoms with van der Waals surface area (Å²) in [6.45, 7) is 3.85. The van der Waals surface area contributed by atoms with Gasteiger partial charge < -0.3 is 37.2 Å². The van der Waals surface area contributed by atoms with Crippen LogP contribution in [0.5, 0.6) is 0 Å². The number of rotatable bonds is 13. The summed E-state index contributed by atoms with van der Waals surface area (Å²) in [6.07, 6.45) is 2.78. The number of nitrogens with one attached hydrogen (secondary N) is 2. The number of hydrogen-bond donors (Lipinski definition) is 6. The van der Waals surface area contributed by atoms with Gasteiger partial charge in [-0.25, -0.2) is 4.79 Å². The van der Waals surface area contributed by atoms with Crippen molar-refractivity contribution in [2.75, 3.05) is 19.7 Å². The summed E-state index contributed by atoms with van der Waals surface area (Å²) >= 11 is 0. The SMILES string of the molecule is CC(C)CC(N)C(=O)NC(CO)C(=O)NC(CCCCN)C(=O)N1CCCC1C(=O)O. The lowest BCUT2D eigenvalue weighted by atomic mass is 10.0. The first-order valence-electron chi connectivity index (χ1n) is 10.8. The van der Waals surface area contributed by atoms with E-state index in [0.717, 1.165) is 0 Å². The zero-order valence-electron chi connectivity index (χ0n) is 18.4. The highest BCUT2D eigenvalue weighted by Crippen LogP contribution is 2.20. The van der Waals surface area contributed by atoms with Crippen molar-refractivity contribution in [1.29, 1.82) is 0 Å². The van der Waals surface area contributed by atoms with Gasteiger partial charge in [0.15, 0.2) is 0 Å². The van der Waals surface area contributed by atoms with E-state index in [1.54, 1.807) is 0 Å². The molecule has 0 aliphatic carbocycles. The molecular weight excluding hydrogens is 406 g/mol. The van der Waals surface area contributed by atoms with Gasteiger partial charge >= 0.3 is 5.97 Å². The average Bonchev–Trinajstić information content (AvgIpc) is 3.20. The van der Waals surface area contributed by atoms with Crippen LogP contribution in [0.3, 0.4) is 0 Å². The van der Waals surface area contributed by atoms with Crippen LogP contribution in [0.1, 0.15) is 52.4 Å². The van der Waals surface area contributed by atoms with Crippen LogP contribution < -0.4 is 22.1 Å². The van der Waals surface area contributed by atoms with E-state index in [1.165, 1.54) is 4.90 Å². The van der Waals surface area contributed by atoms with Crippen molar-refractivity contribution in [3.05, 3.63) is 0 Å². The summed E-state index contributed by atoms with van der Waals surface area (Å²) in [7, 11) is 0. The molecule has 1 fully saturated rings. The van der Waals surface area contributed by atoms with Crippen LogP contribution >= 0.6 is 0 Å². The number of carboxylic acids is 1. The van der Waals surface area contributed by atoms with Crippen LogP contribution in [-0.4, -0.2) is 82.7 Å². The third-order valence-corrected chi connectivity index (χ3v) is 5.26. The molecule has 0 spiro atoms. The van der Waals surface area contributed by atoms with E-state index in [0.29, 0.717) is 45.2 Å². The molecule has 1 aliphatic heterocycles. The maximum Gasteiger partial charge on any atom is 0.326 e. The molecule has 4 unspecified atom stereocenters. The number of unbranched alkanes of at least 4 members (excludes halogenated alkanes) is 1. The van der Waals surface area contributed by atoms with Gasteiger partial charge in [-0.05, 0) is 51.0 Å². The second-order valence-electron chi connectivity index (χ2n) is 8.35. The van der Waals surface area contributed by atoms with Crippen LogP contribution in [-0.2, 0) is 19.2 Å². The Hall–Kier alpha value is -2.24. The molecule has 0 aromatic carbocycles. The van der Waals surface area contributed by atoms with Crippen LogP contribution in [0.4, 0.5) is 0 Å². The summed E-state index contributed by atoms with van der Waals surface area (Å²) in [5.74, 6) is -2.70. The fraction of sp³-hybridized carbons (Fsp3) is 0.800. The van der Waals surface area contributed by atoms with Gasteiger partial charge in [-0.1, -0.05) is 13.8 Å². The molecule has 0 aromatic heterocycles. The molecule has 11 heteroatoms. The van der Waals surface area contributed by atoms with Gasteiger partial charge in [-0.2, -0.15) is 0 Å². The van der Waals surface area contributed by atoms with E-state index >= 15 is 0 Å². The molecule has 1 saturated heterocycles. The van der Waals surface area contributed by atoms with Gasteiger partial charge in [0.1, 0.15) is 18.1 Å². The first-order valence-corrected chi connectivity index (χ1v) is 10.8. The van der Waals surface area contributed by atoms with Gasteiger partial charge in [0, 0.05) is 6.54 Å². The van der Waals surface area contributed by atoms with Crippen molar-refractivity contribution in [2.45, 2.75) is 76.5 Å². The van der Waals surface area contributed by atoms with Crippen molar-refractivity contribution in [3.8, 4) is 0 Å². The fourth-order valence-corrected chi connectivity index (χ4v) is 3.60. The van der Waals surface area contributed by atoms with Gasteiger partial charge in [0.05, 0.1) is 12.6 Å². The van der Waals surface area contributed by atoms with Crippen LogP contribution in [0, 0.1) is 5.92 Å². The molecule has 4 atom stereocenters. The van der Waals surface area contributed by atoms with E-state index in [4.69, 9.17) is 11.5 Å². The number of carbonyl (C=O) groups is 4. The molecule has 0 aromatic rings. The van der Waals surface area contributed by atoms with Crippen molar-refractivity contribution >= 4 is 23.7 Å². The number of aliphatic hydroxyl groups excluding tert-OH is 1. The molecule has 1 heterocycles. The van der Waals surface area contributed by atoms with Crippen molar-refractivity contribution < 1.29 is 29.4 Å². The summed E-state index contributed by atoms with van der Waals surface area (Å²) in [4.78, 5) is 50.6. The standard InChI is InChI=1S/C20H37N5O6/c1-12(2)10-13(22)17(27)24-15(11-26)18(28)23-14(6-3-4-8-21)19(29)25-9-5-7-16(25)20(30)31/h12-16,26H,3-11,21-22H2,1-2H3,(H,23,28)(H,24,27)(H,30,31). The van der Waals surface area contributed by atoms with Crippen LogP contribution in [0.15, 0.2) is 0 Å². The van der Waals surface area contributed by atoms with Crippen LogP contribution in [0.2, 0.25) is 0 Å². The Bertz CT molecular complexity index is 629. The zero-order chi connectivity index (χ0) is 23.6. The van der Waals surface area contributed by atoms with E-state index in [2.05, 4.69) is 10.6 Å². The third kappa shape index (κ3) is 8.42. The number of carboxylic acid groups (broad SMARTS) is 1. The molecule has 11 nitrogen and oxygen atoms in total. The summed E-state index contributed by atoms with van der Waals surface area (Å²) in [6, 6.07) is -4.01. The monoisotopic (exact) mass is 443 g/mol. The van der Waals surface area contributed by atoms with Crippen molar-refractivity contribution in [3.63, 3.8) is 0 Å². The van der Waals surface area contributed by atoms with E-state index in [-0.39, 0.29) is 12.3 Å². The summed E-state index contributed by atoms with van der Waals surface area (Å²) in [5.41, 5.74) is 11.3. The number of hydrogen-bond acceptors (Lipinski definition) is 7. The summed E-state index contributed by atoms with van der Waals surface area (Å²) in [5, 5.41) is 23.9. The minimum atomic E-state index is -1.27. The smallest absolute Gasteiger partial charge is 0.326 e. The van der Waals surface area contributed by atoms with Gasteiger partial charge in [-0.3, -0.25) is 14.4 Å². The molecule has 8 N–H and O–H groups in total. The Morgan fingerprint density at radius 2 is 1.74 bits per heavy atom. The molecular formula is C20H37N5O6. The molecule has 0 bridgehead atoms. The Morgan fingerprint density at radius 3 is 2.29 bits per heavy atom. The molecule has 178 valence electrons. The normalized spacial score (nSPS) is 19.0. The Labute approximate surface area is 182 Å². The number of aliphatic hydroxyl groups is 1. The van der Waals surface area contributed by atoms with Crippen molar-refractivity contribution in [1.82, 2.24) is 15.5 Å². The predicted octanol–water partition coefficient (Wildman–Crippen LogP) is -1.47. The van der Waals surface area contributed by atoms with Crippen molar-refractivity contribution in [2.24, 2.45) is 17.4 Å². The number of carbonyl (C=O) groups excluding carboxylic acids is 3. The molecule has 31 heavy (non-hydrogen) atoms. The minimum absolute atomic E-state index is 0.175. The van der Waals surface area contributed by atoms with E-state index in [9.17, 15) is 29.4 Å². The number of nitrogens with two attached hydrogens (primary N) is 2. The maximum atomic E-state index is 13.0. The fourth-order valence-electron chi connectivity index (χ4n) is 3.60. The average molecular weight is 444 g/mol. The lowest BCUT2D eigenvalue weighted by molar-refractivity contribution is -0.149. The number of amides is 3. The lowest BCUT2D eigenvalue weighted by Crippen LogP contribution is -2.58. The molecule has 3 amide bonds. The molecule has 0 radical (unpaired) electrons.